The summed E-state index contributed by atoms with van der Waals surface area (Å²) in [7, 11) is 0. The SMILES string of the molecule is CC1CCC(CNC(=O)c2cc(N)cc(F)c2)C1. The lowest BCUT2D eigenvalue weighted by Gasteiger charge is -2.11. The van der Waals surface area contributed by atoms with E-state index in [-0.39, 0.29) is 11.6 Å². The molecule has 1 saturated carbocycles. The van der Waals surface area contributed by atoms with E-state index in [9.17, 15) is 9.18 Å². The standard InChI is InChI=1S/C14H19FN2O/c1-9-2-3-10(4-9)8-17-14(18)11-5-12(15)7-13(16)6-11/h5-7,9-10H,2-4,8,16H2,1H3,(H,17,18). The first-order valence-corrected chi connectivity index (χ1v) is 6.39. The van der Waals surface area contributed by atoms with Gasteiger partial charge in [0, 0.05) is 17.8 Å². The molecular formula is C14H19FN2O. The number of halogens is 1. The number of anilines is 1. The van der Waals surface area contributed by atoms with E-state index in [1.807, 2.05) is 0 Å². The van der Waals surface area contributed by atoms with Crippen LogP contribution >= 0.6 is 0 Å². The van der Waals surface area contributed by atoms with E-state index in [1.165, 1.54) is 24.6 Å². The number of benzene rings is 1. The van der Waals surface area contributed by atoms with Crippen molar-refractivity contribution in [3.8, 4) is 0 Å². The van der Waals surface area contributed by atoms with Crippen molar-refractivity contribution >= 4 is 11.6 Å². The summed E-state index contributed by atoms with van der Waals surface area (Å²) in [5, 5.41) is 2.85. The summed E-state index contributed by atoms with van der Waals surface area (Å²) < 4.78 is 13.1. The van der Waals surface area contributed by atoms with Crippen LogP contribution in [0.1, 0.15) is 36.5 Å². The minimum absolute atomic E-state index is 0.249. The molecule has 1 aromatic rings. The van der Waals surface area contributed by atoms with Crippen molar-refractivity contribution in [2.75, 3.05) is 12.3 Å². The summed E-state index contributed by atoms with van der Waals surface area (Å²) in [4.78, 5) is 11.9. The molecule has 3 nitrogen and oxygen atoms in total. The van der Waals surface area contributed by atoms with Crippen LogP contribution in [0, 0.1) is 17.7 Å². The Balaban J connectivity index is 1.91. The predicted molar refractivity (Wildman–Crippen MR) is 69.7 cm³/mol. The number of hydrogen-bond acceptors (Lipinski definition) is 2. The Kier molecular flexibility index (Phi) is 3.84. The summed E-state index contributed by atoms with van der Waals surface area (Å²) in [6, 6.07) is 3.91. The van der Waals surface area contributed by atoms with Gasteiger partial charge >= 0.3 is 0 Å². The highest BCUT2D eigenvalue weighted by molar-refractivity contribution is 5.95. The number of nitrogen functional groups attached to an aromatic ring is 1. The van der Waals surface area contributed by atoms with Crippen LogP contribution < -0.4 is 11.1 Å². The lowest BCUT2D eigenvalue weighted by atomic mass is 10.1. The van der Waals surface area contributed by atoms with Crippen molar-refractivity contribution < 1.29 is 9.18 Å². The molecule has 98 valence electrons. The van der Waals surface area contributed by atoms with Gasteiger partial charge in [0.2, 0.25) is 0 Å². The molecule has 0 spiro atoms. The van der Waals surface area contributed by atoms with Crippen molar-refractivity contribution in [1.29, 1.82) is 0 Å². The van der Waals surface area contributed by atoms with E-state index in [0.717, 1.165) is 18.8 Å². The largest absolute Gasteiger partial charge is 0.399 e. The van der Waals surface area contributed by atoms with E-state index in [0.29, 0.717) is 18.0 Å². The minimum atomic E-state index is -0.477. The second-order valence-electron chi connectivity index (χ2n) is 5.27. The van der Waals surface area contributed by atoms with E-state index >= 15 is 0 Å². The summed E-state index contributed by atoms with van der Waals surface area (Å²) in [6.07, 6.45) is 3.55. The molecule has 3 N–H and O–H groups in total. The van der Waals surface area contributed by atoms with E-state index in [1.54, 1.807) is 0 Å². The lowest BCUT2D eigenvalue weighted by Crippen LogP contribution is -2.28. The molecule has 1 aromatic carbocycles. The molecule has 0 radical (unpaired) electrons. The molecular weight excluding hydrogens is 231 g/mol. The number of amides is 1. The second kappa shape index (κ2) is 5.38. The molecule has 4 heteroatoms. The Morgan fingerprint density at radius 2 is 2.22 bits per heavy atom. The molecule has 2 rings (SSSR count). The highest BCUT2D eigenvalue weighted by atomic mass is 19.1. The van der Waals surface area contributed by atoms with Gasteiger partial charge in [-0.1, -0.05) is 13.3 Å². The molecule has 0 heterocycles. The third-order valence-corrected chi connectivity index (χ3v) is 3.54. The maximum absolute atomic E-state index is 13.1. The van der Waals surface area contributed by atoms with Crippen LogP contribution in [0.25, 0.3) is 0 Å². The molecule has 1 fully saturated rings. The highest BCUT2D eigenvalue weighted by Gasteiger charge is 2.21. The summed E-state index contributed by atoms with van der Waals surface area (Å²) in [5.74, 6) is 0.571. The topological polar surface area (TPSA) is 55.1 Å². The Morgan fingerprint density at radius 3 is 2.83 bits per heavy atom. The summed E-state index contributed by atoms with van der Waals surface area (Å²) >= 11 is 0. The predicted octanol–water partition coefficient (Wildman–Crippen LogP) is 2.57. The van der Waals surface area contributed by atoms with Gasteiger partial charge in [-0.05, 0) is 42.9 Å². The van der Waals surface area contributed by atoms with Gasteiger partial charge < -0.3 is 11.1 Å². The monoisotopic (exact) mass is 250 g/mol. The first-order valence-electron chi connectivity index (χ1n) is 6.39. The summed E-state index contributed by atoms with van der Waals surface area (Å²) in [5.41, 5.74) is 6.08. The van der Waals surface area contributed by atoms with Gasteiger partial charge in [0.05, 0.1) is 0 Å². The van der Waals surface area contributed by atoms with Crippen LogP contribution in [-0.4, -0.2) is 12.5 Å². The zero-order chi connectivity index (χ0) is 13.1. The van der Waals surface area contributed by atoms with Crippen LogP contribution in [0.4, 0.5) is 10.1 Å². The maximum Gasteiger partial charge on any atom is 0.251 e. The Labute approximate surface area is 107 Å². The fourth-order valence-electron chi connectivity index (χ4n) is 2.59. The van der Waals surface area contributed by atoms with Crippen molar-refractivity contribution in [1.82, 2.24) is 5.32 Å². The van der Waals surface area contributed by atoms with Gasteiger partial charge in [0.15, 0.2) is 0 Å². The van der Waals surface area contributed by atoms with Gasteiger partial charge in [0.25, 0.3) is 5.91 Å². The number of nitrogens with two attached hydrogens (primary N) is 1. The third kappa shape index (κ3) is 3.22. The van der Waals surface area contributed by atoms with Crippen molar-refractivity contribution in [3.63, 3.8) is 0 Å². The Bertz CT molecular complexity index is 427. The van der Waals surface area contributed by atoms with E-state index < -0.39 is 5.82 Å². The maximum atomic E-state index is 13.1. The number of carbonyl (C=O) groups excluding carboxylic acids is 1. The molecule has 0 saturated heterocycles. The molecule has 1 amide bonds. The summed E-state index contributed by atoms with van der Waals surface area (Å²) in [6.45, 7) is 2.90. The molecule has 0 aromatic heterocycles. The highest BCUT2D eigenvalue weighted by Crippen LogP contribution is 2.29. The van der Waals surface area contributed by atoms with Crippen LogP contribution in [0.2, 0.25) is 0 Å². The first kappa shape index (κ1) is 12.9. The second-order valence-corrected chi connectivity index (χ2v) is 5.27. The van der Waals surface area contributed by atoms with Gasteiger partial charge in [-0.3, -0.25) is 4.79 Å². The first-order chi connectivity index (χ1) is 8.54. The number of nitrogens with one attached hydrogen (secondary N) is 1. The van der Waals surface area contributed by atoms with Crippen LogP contribution in [0.5, 0.6) is 0 Å². The number of carbonyl (C=O) groups is 1. The molecule has 0 bridgehead atoms. The molecule has 1 aliphatic rings. The van der Waals surface area contributed by atoms with Gasteiger partial charge in [-0.15, -0.1) is 0 Å². The van der Waals surface area contributed by atoms with Crippen molar-refractivity contribution in [2.24, 2.45) is 11.8 Å². The fraction of sp³-hybridized carbons (Fsp3) is 0.500. The van der Waals surface area contributed by atoms with E-state index in [2.05, 4.69) is 12.2 Å². The minimum Gasteiger partial charge on any atom is -0.399 e. The van der Waals surface area contributed by atoms with Crippen molar-refractivity contribution in [3.05, 3.63) is 29.6 Å². The Morgan fingerprint density at radius 1 is 1.44 bits per heavy atom. The normalized spacial score (nSPS) is 23.0. The van der Waals surface area contributed by atoms with E-state index in [4.69, 9.17) is 5.73 Å². The number of rotatable bonds is 3. The van der Waals surface area contributed by atoms with Gasteiger partial charge in [-0.2, -0.15) is 0 Å². The van der Waals surface area contributed by atoms with Crippen LogP contribution in [0.3, 0.4) is 0 Å². The quantitative estimate of drug-likeness (QED) is 0.810. The van der Waals surface area contributed by atoms with Crippen LogP contribution in [0.15, 0.2) is 18.2 Å². The smallest absolute Gasteiger partial charge is 0.251 e. The average molecular weight is 250 g/mol. The fourth-order valence-corrected chi connectivity index (χ4v) is 2.59. The Hall–Kier alpha value is -1.58. The average Bonchev–Trinajstić information content (AvgIpc) is 2.70. The zero-order valence-electron chi connectivity index (χ0n) is 10.6. The lowest BCUT2D eigenvalue weighted by molar-refractivity contribution is 0.0946. The number of hydrogen-bond donors (Lipinski definition) is 2. The zero-order valence-corrected chi connectivity index (χ0v) is 10.6. The van der Waals surface area contributed by atoms with Gasteiger partial charge in [0.1, 0.15) is 5.82 Å². The molecule has 2 atom stereocenters. The van der Waals surface area contributed by atoms with Crippen LogP contribution in [-0.2, 0) is 0 Å². The van der Waals surface area contributed by atoms with Gasteiger partial charge in [-0.25, -0.2) is 4.39 Å². The molecule has 1 aliphatic carbocycles. The third-order valence-electron chi connectivity index (χ3n) is 3.54. The molecule has 2 unspecified atom stereocenters. The van der Waals surface area contributed by atoms with Crippen molar-refractivity contribution in [2.45, 2.75) is 26.2 Å². The molecule has 0 aliphatic heterocycles. The molecule has 18 heavy (non-hydrogen) atoms.